The molecule has 0 aliphatic carbocycles. The lowest BCUT2D eigenvalue weighted by atomic mass is 10.2. The van der Waals surface area contributed by atoms with Crippen molar-refractivity contribution >= 4 is 28.6 Å². The van der Waals surface area contributed by atoms with E-state index in [2.05, 4.69) is 5.32 Å². The Morgan fingerprint density at radius 2 is 2.09 bits per heavy atom. The second-order valence-electron chi connectivity index (χ2n) is 4.86. The number of rotatable bonds is 3. The van der Waals surface area contributed by atoms with Gasteiger partial charge in [0.15, 0.2) is 0 Å². The molecular weight excluding hydrogens is 330 g/mol. The van der Waals surface area contributed by atoms with Crippen LogP contribution in [0.2, 0.25) is 0 Å². The van der Waals surface area contributed by atoms with E-state index in [1.165, 1.54) is 11.3 Å². The number of halogens is 2. The van der Waals surface area contributed by atoms with E-state index < -0.39 is 33.8 Å². The molecule has 120 valence electrons. The average molecular weight is 340 g/mol. The molecular formula is C14H10F2N2O4S. The lowest BCUT2D eigenvalue weighted by Gasteiger charge is -2.10. The highest BCUT2D eigenvalue weighted by Gasteiger charge is 2.22. The number of hydrogen-bond acceptors (Lipinski definition) is 5. The van der Waals surface area contributed by atoms with E-state index in [1.807, 2.05) is 0 Å². The summed E-state index contributed by atoms with van der Waals surface area (Å²) in [6.07, 6.45) is 0.698. The maximum absolute atomic E-state index is 13.7. The third kappa shape index (κ3) is 3.06. The topological polar surface area (TPSA) is 81.5 Å². The molecule has 1 aromatic heterocycles. The Balaban J connectivity index is 1.86. The fourth-order valence-corrected chi connectivity index (χ4v) is 3.26. The molecule has 23 heavy (non-hydrogen) atoms. The van der Waals surface area contributed by atoms with Crippen molar-refractivity contribution in [1.82, 2.24) is 0 Å². The van der Waals surface area contributed by atoms with Crippen molar-refractivity contribution in [3.05, 3.63) is 55.3 Å². The summed E-state index contributed by atoms with van der Waals surface area (Å²) in [6, 6.07) is 2.69. The zero-order valence-electron chi connectivity index (χ0n) is 11.6. The summed E-state index contributed by atoms with van der Waals surface area (Å²) in [5, 5.41) is 12.9. The van der Waals surface area contributed by atoms with Gasteiger partial charge < -0.3 is 10.1 Å². The van der Waals surface area contributed by atoms with Crippen LogP contribution < -0.4 is 5.32 Å². The molecule has 2 heterocycles. The number of hydrogen-bond donors (Lipinski definition) is 1. The Hall–Kier alpha value is -2.39. The van der Waals surface area contributed by atoms with Crippen molar-refractivity contribution in [2.24, 2.45) is 0 Å². The summed E-state index contributed by atoms with van der Waals surface area (Å²) in [5.41, 5.74) is -0.441. The number of fused-ring (bicyclic) bond motifs is 1. The minimum Gasteiger partial charge on any atom is -0.376 e. The number of ether oxygens (including phenoxy) is 1. The van der Waals surface area contributed by atoms with Crippen LogP contribution in [0.15, 0.2) is 18.2 Å². The van der Waals surface area contributed by atoms with E-state index in [4.69, 9.17) is 4.74 Å². The summed E-state index contributed by atoms with van der Waals surface area (Å²) in [7, 11) is 0. The van der Waals surface area contributed by atoms with Crippen LogP contribution in [0, 0.1) is 21.7 Å². The van der Waals surface area contributed by atoms with Gasteiger partial charge in [0.2, 0.25) is 5.82 Å². The normalized spacial score (nSPS) is 13.5. The maximum atomic E-state index is 13.7. The zero-order valence-corrected chi connectivity index (χ0v) is 12.4. The highest BCUT2D eigenvalue weighted by molar-refractivity contribution is 7.14. The summed E-state index contributed by atoms with van der Waals surface area (Å²) >= 11 is 1.26. The minimum absolute atomic E-state index is 0.340. The molecule has 0 radical (unpaired) electrons. The van der Waals surface area contributed by atoms with Crippen LogP contribution in [-0.4, -0.2) is 17.4 Å². The van der Waals surface area contributed by atoms with Gasteiger partial charge in [-0.15, -0.1) is 11.3 Å². The molecule has 3 rings (SSSR count). The molecule has 1 aliphatic rings. The van der Waals surface area contributed by atoms with Gasteiger partial charge in [-0.25, -0.2) is 4.39 Å². The summed E-state index contributed by atoms with van der Waals surface area (Å²) in [4.78, 5) is 23.3. The van der Waals surface area contributed by atoms with E-state index in [-0.39, 0.29) is 0 Å². The fourth-order valence-electron chi connectivity index (χ4n) is 2.22. The number of carbonyl (C=O) groups excluding carboxylic acids is 1. The second kappa shape index (κ2) is 6.01. The number of amides is 1. The molecule has 0 unspecified atom stereocenters. The number of nitro groups is 1. The number of benzene rings is 1. The van der Waals surface area contributed by atoms with E-state index in [1.54, 1.807) is 6.07 Å². The predicted octanol–water partition coefficient (Wildman–Crippen LogP) is 3.26. The third-order valence-corrected chi connectivity index (χ3v) is 4.57. The van der Waals surface area contributed by atoms with Gasteiger partial charge in [0.05, 0.1) is 28.7 Å². The number of thiophene rings is 1. The van der Waals surface area contributed by atoms with Crippen molar-refractivity contribution in [3.63, 3.8) is 0 Å². The number of carbonyl (C=O) groups is 1. The van der Waals surface area contributed by atoms with Gasteiger partial charge in [0, 0.05) is 23.4 Å². The predicted molar refractivity (Wildman–Crippen MR) is 78.6 cm³/mol. The van der Waals surface area contributed by atoms with Crippen LogP contribution in [0.25, 0.3) is 0 Å². The molecule has 1 amide bonds. The molecule has 0 saturated carbocycles. The van der Waals surface area contributed by atoms with Gasteiger partial charge in [-0.2, -0.15) is 4.39 Å². The quantitative estimate of drug-likeness (QED) is 0.687. The largest absolute Gasteiger partial charge is 0.376 e. The molecule has 0 bridgehead atoms. The first kappa shape index (κ1) is 15.5. The zero-order chi connectivity index (χ0) is 16.6. The summed E-state index contributed by atoms with van der Waals surface area (Å²) < 4.78 is 32.3. The highest BCUT2D eigenvalue weighted by atomic mass is 32.1. The van der Waals surface area contributed by atoms with Crippen LogP contribution in [0.4, 0.5) is 20.2 Å². The van der Waals surface area contributed by atoms with E-state index >= 15 is 0 Å². The minimum atomic E-state index is -1.30. The molecule has 1 aliphatic heterocycles. The summed E-state index contributed by atoms with van der Waals surface area (Å²) in [5.74, 6) is -2.98. The van der Waals surface area contributed by atoms with Gasteiger partial charge in [-0.3, -0.25) is 14.9 Å². The van der Waals surface area contributed by atoms with Crippen molar-refractivity contribution in [1.29, 1.82) is 0 Å². The smallest absolute Gasteiger partial charge is 0.307 e. The maximum Gasteiger partial charge on any atom is 0.307 e. The Morgan fingerprint density at radius 3 is 2.78 bits per heavy atom. The first-order valence-electron chi connectivity index (χ1n) is 6.60. The Bertz CT molecular complexity index is 783. The lowest BCUT2D eigenvalue weighted by molar-refractivity contribution is -0.387. The Morgan fingerprint density at radius 1 is 1.30 bits per heavy atom. The highest BCUT2D eigenvalue weighted by Crippen LogP contribution is 2.29. The standard InChI is InChI=1S/C14H10F2N2O4S/c15-8-4-9(16)11(18(20)21)5-10(8)17-14(19)13-3-7-6-22-2-1-12(7)23-13/h3-5H,1-2,6H2,(H,17,19). The van der Waals surface area contributed by atoms with Gasteiger partial charge in [0.1, 0.15) is 5.82 Å². The van der Waals surface area contributed by atoms with E-state index in [0.29, 0.717) is 36.6 Å². The van der Waals surface area contributed by atoms with Crippen LogP contribution in [0.3, 0.4) is 0 Å². The second-order valence-corrected chi connectivity index (χ2v) is 5.99. The number of nitrogens with one attached hydrogen (secondary N) is 1. The van der Waals surface area contributed by atoms with E-state index in [0.717, 1.165) is 10.4 Å². The molecule has 9 heteroatoms. The molecule has 0 fully saturated rings. The molecule has 1 aromatic carbocycles. The fraction of sp³-hybridized carbons (Fsp3) is 0.214. The number of nitro benzene ring substituents is 1. The van der Waals surface area contributed by atoms with Gasteiger partial charge in [-0.05, 0) is 11.6 Å². The van der Waals surface area contributed by atoms with Crippen LogP contribution in [-0.2, 0) is 17.8 Å². The van der Waals surface area contributed by atoms with Crippen molar-refractivity contribution < 1.29 is 23.2 Å². The van der Waals surface area contributed by atoms with Gasteiger partial charge in [0.25, 0.3) is 5.91 Å². The molecule has 2 aromatic rings. The molecule has 6 nitrogen and oxygen atoms in total. The lowest BCUT2D eigenvalue weighted by Crippen LogP contribution is -2.12. The Labute approximate surface area is 132 Å². The first-order valence-corrected chi connectivity index (χ1v) is 7.41. The first-order chi connectivity index (χ1) is 11.0. The molecule has 1 N–H and O–H groups in total. The SMILES string of the molecule is O=C(Nc1cc([N+](=O)[O-])c(F)cc1F)c1cc2c(s1)CCOC2. The molecule has 0 atom stereocenters. The number of anilines is 1. The molecule has 0 saturated heterocycles. The number of nitrogens with zero attached hydrogens (tertiary/aromatic N) is 1. The van der Waals surface area contributed by atoms with Crippen LogP contribution in [0.1, 0.15) is 20.1 Å². The average Bonchev–Trinajstić information content (AvgIpc) is 2.93. The van der Waals surface area contributed by atoms with Gasteiger partial charge >= 0.3 is 5.69 Å². The summed E-state index contributed by atoms with van der Waals surface area (Å²) in [6.45, 7) is 0.989. The van der Waals surface area contributed by atoms with Crippen molar-refractivity contribution in [3.8, 4) is 0 Å². The van der Waals surface area contributed by atoms with Crippen LogP contribution in [0.5, 0.6) is 0 Å². The third-order valence-electron chi connectivity index (χ3n) is 3.33. The Kier molecular flexibility index (Phi) is 4.05. The monoisotopic (exact) mass is 340 g/mol. The van der Waals surface area contributed by atoms with Crippen molar-refractivity contribution in [2.75, 3.05) is 11.9 Å². The van der Waals surface area contributed by atoms with Gasteiger partial charge in [-0.1, -0.05) is 0 Å². The van der Waals surface area contributed by atoms with E-state index in [9.17, 15) is 23.7 Å². The molecule has 0 spiro atoms. The van der Waals surface area contributed by atoms with Crippen LogP contribution >= 0.6 is 11.3 Å². The van der Waals surface area contributed by atoms with Crippen molar-refractivity contribution in [2.45, 2.75) is 13.0 Å².